The van der Waals surface area contributed by atoms with Crippen molar-refractivity contribution < 1.29 is 30.4 Å². The number of halogens is 2. The topological polar surface area (TPSA) is 36.1 Å². The molecular formula is C26H29FIN2O-. The second-order valence-electron chi connectivity index (χ2n) is 9.09. The molecule has 0 spiro atoms. The van der Waals surface area contributed by atoms with Crippen LogP contribution in [0.5, 0.6) is 0 Å². The van der Waals surface area contributed by atoms with Crippen molar-refractivity contribution in [3.05, 3.63) is 68.7 Å². The number of H-pyrrole nitrogens is 1. The van der Waals surface area contributed by atoms with Crippen molar-refractivity contribution in [2.24, 2.45) is 5.92 Å². The molecular weight excluding hydrogens is 502 g/mol. The Labute approximate surface area is 193 Å². The molecule has 164 valence electrons. The van der Waals surface area contributed by atoms with Gasteiger partial charge in [0.05, 0.1) is 0 Å². The van der Waals surface area contributed by atoms with Gasteiger partial charge in [0.1, 0.15) is 0 Å². The van der Waals surface area contributed by atoms with Gasteiger partial charge in [-0.25, -0.2) is 0 Å². The molecule has 3 aromatic rings. The summed E-state index contributed by atoms with van der Waals surface area (Å²) in [5.41, 5.74) is 4.45. The van der Waals surface area contributed by atoms with Gasteiger partial charge in [-0.3, -0.25) is 0 Å². The molecule has 1 N–H and O–H groups in total. The third-order valence-corrected chi connectivity index (χ3v) is 11.1. The summed E-state index contributed by atoms with van der Waals surface area (Å²) < 4.78 is 16.2. The molecule has 2 aromatic carbocycles. The van der Waals surface area contributed by atoms with Gasteiger partial charge < -0.3 is 0 Å². The summed E-state index contributed by atoms with van der Waals surface area (Å²) in [4.78, 5) is 18.3. The fraction of sp³-hybridized carbons (Fsp3) is 0.423. The quantitative estimate of drug-likeness (QED) is 0.407. The predicted molar refractivity (Wildman–Crippen MR) is 118 cm³/mol. The van der Waals surface area contributed by atoms with Crippen LogP contribution in [-0.4, -0.2) is 32.3 Å². The molecule has 1 aliphatic heterocycles. The molecule has 3 nitrogen and oxygen atoms in total. The fourth-order valence-corrected chi connectivity index (χ4v) is 9.60. The number of alkyl halides is 1. The number of para-hydroxylation sites is 1. The number of benzene rings is 2. The van der Waals surface area contributed by atoms with E-state index in [9.17, 15) is 9.18 Å². The molecule has 1 aromatic heterocycles. The van der Waals surface area contributed by atoms with Crippen molar-refractivity contribution in [1.82, 2.24) is 9.88 Å². The maximum absolute atomic E-state index is 14.5. The number of aromatic amines is 1. The van der Waals surface area contributed by atoms with Crippen LogP contribution in [0.25, 0.3) is 10.9 Å². The molecule has 0 bridgehead atoms. The Bertz CT molecular complexity index is 1140. The molecule has 1 saturated heterocycles. The monoisotopic (exact) mass is 531 g/mol. The molecule has 5 rings (SSSR count). The normalized spacial score (nSPS) is 23.1. The number of carbonyl (C=O) groups is 1. The van der Waals surface area contributed by atoms with Gasteiger partial charge in [0.15, 0.2) is 0 Å². The number of hydrogen-bond acceptors (Lipinski definition) is 1. The van der Waals surface area contributed by atoms with Crippen LogP contribution < -0.4 is 21.2 Å². The van der Waals surface area contributed by atoms with Gasteiger partial charge in [0.2, 0.25) is 0 Å². The zero-order valence-corrected chi connectivity index (χ0v) is 20.3. The first kappa shape index (κ1) is 21.0. The van der Waals surface area contributed by atoms with Crippen molar-refractivity contribution >= 4 is 16.8 Å². The van der Waals surface area contributed by atoms with Crippen LogP contribution in [0.15, 0.2) is 42.5 Å². The molecule has 0 saturated carbocycles. The molecule has 2 aliphatic rings. The molecule has 2 atom stereocenters. The summed E-state index contributed by atoms with van der Waals surface area (Å²) in [7, 11) is 0. The molecule has 1 amide bonds. The number of aryl methyl sites for hydroxylation is 1. The van der Waals surface area contributed by atoms with Gasteiger partial charge in [-0.1, -0.05) is 0 Å². The summed E-state index contributed by atoms with van der Waals surface area (Å²) in [6.45, 7) is 5.92. The van der Waals surface area contributed by atoms with Gasteiger partial charge in [-0.15, -0.1) is 0 Å². The van der Waals surface area contributed by atoms with Crippen LogP contribution in [0.1, 0.15) is 43.0 Å². The Morgan fingerprint density at radius 3 is 2.94 bits per heavy atom. The minimum atomic E-state index is -0.257. The van der Waals surface area contributed by atoms with Crippen LogP contribution in [0, 0.1) is 22.2 Å². The van der Waals surface area contributed by atoms with Crippen molar-refractivity contribution in [1.29, 1.82) is 0 Å². The SMILES string of the molecule is CCCC(=O)N1CCC2([I-]c3cccc(C)c3)Cc3[nH]c4c(F)cccc4c3C[C@H]2C1. The first-order chi connectivity index (χ1) is 15.0. The Morgan fingerprint density at radius 2 is 2.13 bits per heavy atom. The number of rotatable bonds is 4. The number of amides is 1. The number of aromatic nitrogens is 1. The molecule has 2 heterocycles. The number of carbonyl (C=O) groups excluding carboxylic acids is 1. The molecule has 1 aliphatic carbocycles. The van der Waals surface area contributed by atoms with Crippen LogP contribution in [0.3, 0.4) is 0 Å². The average molecular weight is 531 g/mol. The van der Waals surface area contributed by atoms with Crippen molar-refractivity contribution in [2.45, 2.75) is 49.4 Å². The first-order valence-electron chi connectivity index (χ1n) is 11.3. The van der Waals surface area contributed by atoms with Crippen LogP contribution in [0.4, 0.5) is 4.39 Å². The van der Waals surface area contributed by atoms with E-state index in [1.54, 1.807) is 0 Å². The third-order valence-electron chi connectivity index (χ3n) is 6.96. The summed E-state index contributed by atoms with van der Waals surface area (Å²) >= 11 is -0.257. The number of nitrogens with one attached hydrogen (secondary N) is 1. The van der Waals surface area contributed by atoms with Crippen molar-refractivity contribution in [2.75, 3.05) is 13.1 Å². The van der Waals surface area contributed by atoms with E-state index < -0.39 is 0 Å². The second-order valence-corrected chi connectivity index (χ2v) is 13.0. The third kappa shape index (κ3) is 3.79. The summed E-state index contributed by atoms with van der Waals surface area (Å²) in [6.07, 6.45) is 4.48. The van der Waals surface area contributed by atoms with E-state index in [-0.39, 0.29) is 30.4 Å². The summed E-state index contributed by atoms with van der Waals surface area (Å²) in [6, 6.07) is 14.3. The van der Waals surface area contributed by atoms with Crippen molar-refractivity contribution in [3.63, 3.8) is 0 Å². The summed E-state index contributed by atoms with van der Waals surface area (Å²) in [5, 5.41) is 1.02. The number of nitrogens with zero attached hydrogens (tertiary/aromatic N) is 1. The number of likely N-dealkylation sites (tertiary alicyclic amines) is 1. The van der Waals surface area contributed by atoms with E-state index in [1.165, 1.54) is 26.5 Å². The Morgan fingerprint density at radius 1 is 1.29 bits per heavy atom. The van der Waals surface area contributed by atoms with Gasteiger partial charge in [-0.05, 0) is 0 Å². The van der Waals surface area contributed by atoms with E-state index in [0.29, 0.717) is 23.8 Å². The first-order valence-corrected chi connectivity index (χ1v) is 13.4. The molecule has 0 radical (unpaired) electrons. The van der Waals surface area contributed by atoms with Gasteiger partial charge in [0.25, 0.3) is 0 Å². The Hall–Kier alpha value is -1.89. The number of piperidine rings is 1. The maximum atomic E-state index is 14.5. The molecule has 5 heteroatoms. The van der Waals surface area contributed by atoms with Crippen LogP contribution in [-0.2, 0) is 17.6 Å². The zero-order valence-electron chi connectivity index (χ0n) is 18.2. The summed E-state index contributed by atoms with van der Waals surface area (Å²) in [5.74, 6) is 0.558. The van der Waals surface area contributed by atoms with E-state index >= 15 is 0 Å². The molecule has 1 fully saturated rings. The minimum absolute atomic E-state index is 0.169. The Kier molecular flexibility index (Phi) is 5.57. The standard InChI is InChI=1S/C26H29FIN2O/c1-3-6-24(31)30-12-11-26(28-19-8-4-7-17(2)13-19)15-23-21(14-18(26)16-30)20-9-5-10-22(27)25(20)29-23/h4-5,7-10,13,18,29H,3,6,11-12,14-16H2,1-2H3/q-1/t18-,26?/m0/s1. The van der Waals surface area contributed by atoms with Crippen LogP contribution in [0.2, 0.25) is 0 Å². The van der Waals surface area contributed by atoms with E-state index in [4.69, 9.17) is 0 Å². The predicted octanol–water partition coefficient (Wildman–Crippen LogP) is 2.06. The fourth-order valence-electron chi connectivity index (χ4n) is 5.38. The average Bonchev–Trinajstić information content (AvgIpc) is 3.10. The molecule has 31 heavy (non-hydrogen) atoms. The van der Waals surface area contributed by atoms with E-state index in [1.807, 2.05) is 12.1 Å². The number of hydrogen-bond donors (Lipinski definition) is 1. The van der Waals surface area contributed by atoms with Gasteiger partial charge >= 0.3 is 194 Å². The van der Waals surface area contributed by atoms with E-state index in [0.717, 1.165) is 44.2 Å². The van der Waals surface area contributed by atoms with Gasteiger partial charge in [-0.2, -0.15) is 0 Å². The van der Waals surface area contributed by atoms with Crippen molar-refractivity contribution in [3.8, 4) is 0 Å². The van der Waals surface area contributed by atoms with E-state index in [2.05, 4.69) is 48.0 Å². The Balaban J connectivity index is 1.55. The second kappa shape index (κ2) is 8.23. The molecule has 1 unspecified atom stereocenters. The zero-order chi connectivity index (χ0) is 21.6. The number of fused-ring (bicyclic) bond motifs is 4. The van der Waals surface area contributed by atoms with Crippen LogP contribution >= 0.6 is 0 Å². The van der Waals surface area contributed by atoms with Gasteiger partial charge in [0, 0.05) is 0 Å².